The van der Waals surface area contributed by atoms with E-state index in [-0.39, 0.29) is 0 Å². The highest BCUT2D eigenvalue weighted by atomic mass is 32.1. The van der Waals surface area contributed by atoms with E-state index >= 15 is 0 Å². The average molecular weight is 733 g/mol. The van der Waals surface area contributed by atoms with Crippen molar-refractivity contribution >= 4 is 53.3 Å². The molecule has 0 aliphatic heterocycles. The standard InChI is InChI=1S/C51H32N4S/c1-4-13-33(14-5-1)49-52-50(34-15-6-2-7-16-34)54-51(53-49)39-18-12-17-35(29-39)37-23-26-42-43-27-24-38(32-48(43)56-47(42)31-37)36-25-28-46-44(30-36)41-21-10-11-22-45(41)55(46)40-19-8-3-9-20-40/h1-32H. The van der Waals surface area contributed by atoms with Crippen molar-refractivity contribution in [3.63, 3.8) is 0 Å². The number of hydrogen-bond acceptors (Lipinski definition) is 4. The SMILES string of the molecule is c1ccc(-c2nc(-c3ccccc3)nc(-c3cccc(-c4ccc5c(c4)sc4cc(-c6ccc7c(c6)c6ccccc6n7-c6ccccc6)ccc45)c3)n2)cc1. The summed E-state index contributed by atoms with van der Waals surface area (Å²) in [5, 5.41) is 5.07. The molecule has 0 radical (unpaired) electrons. The Morgan fingerprint density at radius 2 is 0.768 bits per heavy atom. The van der Waals surface area contributed by atoms with Gasteiger partial charge in [0.2, 0.25) is 0 Å². The number of nitrogens with zero attached hydrogens (tertiary/aromatic N) is 4. The van der Waals surface area contributed by atoms with Gasteiger partial charge in [0.05, 0.1) is 11.0 Å². The van der Waals surface area contributed by atoms with Crippen LogP contribution >= 0.6 is 11.3 Å². The van der Waals surface area contributed by atoms with E-state index < -0.39 is 0 Å². The first-order valence-corrected chi connectivity index (χ1v) is 19.6. The van der Waals surface area contributed by atoms with Gasteiger partial charge in [-0.2, -0.15) is 0 Å². The molecule has 0 saturated heterocycles. The topological polar surface area (TPSA) is 43.6 Å². The molecule has 3 aromatic heterocycles. The molecule has 0 unspecified atom stereocenters. The molecule has 8 aromatic carbocycles. The van der Waals surface area contributed by atoms with Crippen molar-refractivity contribution in [1.82, 2.24) is 19.5 Å². The third-order valence-electron chi connectivity index (χ3n) is 10.6. The highest BCUT2D eigenvalue weighted by molar-refractivity contribution is 7.25. The number of fused-ring (bicyclic) bond motifs is 6. The summed E-state index contributed by atoms with van der Waals surface area (Å²) in [7, 11) is 0. The molecular formula is C51H32N4S. The van der Waals surface area contributed by atoms with E-state index in [2.05, 4.69) is 138 Å². The van der Waals surface area contributed by atoms with Crippen LogP contribution in [0.5, 0.6) is 0 Å². The van der Waals surface area contributed by atoms with Crippen LogP contribution in [0, 0.1) is 0 Å². The first kappa shape index (κ1) is 32.2. The molecule has 0 N–H and O–H groups in total. The van der Waals surface area contributed by atoms with E-state index in [0.717, 1.165) is 27.8 Å². The minimum Gasteiger partial charge on any atom is -0.309 e. The molecular weight excluding hydrogens is 701 g/mol. The molecule has 0 saturated carbocycles. The van der Waals surface area contributed by atoms with Crippen molar-refractivity contribution in [2.24, 2.45) is 0 Å². The number of benzene rings is 8. The van der Waals surface area contributed by atoms with Gasteiger partial charge >= 0.3 is 0 Å². The van der Waals surface area contributed by atoms with Crippen LogP contribution < -0.4 is 0 Å². The van der Waals surface area contributed by atoms with Crippen LogP contribution in [-0.2, 0) is 0 Å². The van der Waals surface area contributed by atoms with Gasteiger partial charge in [-0.1, -0.05) is 146 Å². The van der Waals surface area contributed by atoms with E-state index in [1.807, 2.05) is 72.0 Å². The van der Waals surface area contributed by atoms with Crippen LogP contribution in [0.2, 0.25) is 0 Å². The smallest absolute Gasteiger partial charge is 0.164 e. The van der Waals surface area contributed by atoms with Gasteiger partial charge in [0, 0.05) is 53.3 Å². The van der Waals surface area contributed by atoms with Gasteiger partial charge in [-0.3, -0.25) is 0 Å². The van der Waals surface area contributed by atoms with Gasteiger partial charge in [0.25, 0.3) is 0 Å². The second-order valence-electron chi connectivity index (χ2n) is 14.1. The van der Waals surface area contributed by atoms with Crippen molar-refractivity contribution in [2.45, 2.75) is 0 Å². The molecule has 5 heteroatoms. The van der Waals surface area contributed by atoms with Crippen LogP contribution in [0.25, 0.3) is 104 Å². The van der Waals surface area contributed by atoms with Crippen LogP contribution in [-0.4, -0.2) is 19.5 Å². The van der Waals surface area contributed by atoms with Crippen molar-refractivity contribution in [2.75, 3.05) is 0 Å². The number of hydrogen-bond donors (Lipinski definition) is 0. The van der Waals surface area contributed by atoms with Crippen LogP contribution in [0.4, 0.5) is 0 Å². The quantitative estimate of drug-likeness (QED) is 0.171. The maximum atomic E-state index is 4.97. The third-order valence-corrected chi connectivity index (χ3v) is 11.8. The molecule has 0 aliphatic carbocycles. The van der Waals surface area contributed by atoms with Gasteiger partial charge in [-0.05, 0) is 70.8 Å². The van der Waals surface area contributed by atoms with E-state index in [1.165, 1.54) is 58.8 Å². The fourth-order valence-corrected chi connectivity index (χ4v) is 9.10. The first-order valence-electron chi connectivity index (χ1n) is 18.8. The summed E-state index contributed by atoms with van der Waals surface area (Å²) in [5.74, 6) is 1.97. The van der Waals surface area contributed by atoms with Gasteiger partial charge < -0.3 is 4.57 Å². The summed E-state index contributed by atoms with van der Waals surface area (Å²) in [6.07, 6.45) is 0. The molecule has 0 amide bonds. The Hall–Kier alpha value is -7.21. The number of thiophene rings is 1. The predicted molar refractivity (Wildman–Crippen MR) is 234 cm³/mol. The molecule has 0 bridgehead atoms. The zero-order chi connectivity index (χ0) is 37.0. The fourth-order valence-electron chi connectivity index (χ4n) is 7.92. The summed E-state index contributed by atoms with van der Waals surface area (Å²) >= 11 is 1.85. The molecule has 56 heavy (non-hydrogen) atoms. The van der Waals surface area contributed by atoms with Crippen molar-refractivity contribution < 1.29 is 0 Å². The minimum atomic E-state index is 0.651. The maximum Gasteiger partial charge on any atom is 0.164 e. The van der Waals surface area contributed by atoms with E-state index in [1.54, 1.807) is 0 Å². The largest absolute Gasteiger partial charge is 0.309 e. The third kappa shape index (κ3) is 5.56. The lowest BCUT2D eigenvalue weighted by Crippen LogP contribution is -2.00. The summed E-state index contributed by atoms with van der Waals surface area (Å²) in [4.78, 5) is 14.8. The van der Waals surface area contributed by atoms with E-state index in [4.69, 9.17) is 15.0 Å². The summed E-state index contributed by atoms with van der Waals surface area (Å²) < 4.78 is 4.91. The lowest BCUT2D eigenvalue weighted by atomic mass is 9.99. The Labute approximate surface area is 327 Å². The summed E-state index contributed by atoms with van der Waals surface area (Å²) in [6, 6.07) is 68.7. The lowest BCUT2D eigenvalue weighted by Gasteiger charge is -2.09. The van der Waals surface area contributed by atoms with Crippen LogP contribution in [0.3, 0.4) is 0 Å². The Bertz CT molecular complexity index is 3180. The fraction of sp³-hybridized carbons (Fsp3) is 0. The molecule has 4 nitrogen and oxygen atoms in total. The highest BCUT2D eigenvalue weighted by Crippen LogP contribution is 2.40. The molecule has 0 atom stereocenters. The second-order valence-corrected chi connectivity index (χ2v) is 15.1. The Morgan fingerprint density at radius 1 is 0.304 bits per heavy atom. The molecule has 11 aromatic rings. The van der Waals surface area contributed by atoms with Crippen molar-refractivity contribution in [1.29, 1.82) is 0 Å². The van der Waals surface area contributed by atoms with E-state index in [0.29, 0.717) is 17.5 Å². The molecule has 0 fully saturated rings. The van der Waals surface area contributed by atoms with E-state index in [9.17, 15) is 0 Å². The van der Waals surface area contributed by atoms with Gasteiger partial charge in [-0.25, -0.2) is 15.0 Å². The van der Waals surface area contributed by atoms with Crippen molar-refractivity contribution in [3.05, 3.63) is 194 Å². The van der Waals surface area contributed by atoms with Gasteiger partial charge in [0.1, 0.15) is 0 Å². The van der Waals surface area contributed by atoms with Gasteiger partial charge in [0.15, 0.2) is 17.5 Å². The van der Waals surface area contributed by atoms with Crippen LogP contribution in [0.15, 0.2) is 194 Å². The Morgan fingerprint density at radius 3 is 1.41 bits per heavy atom. The summed E-state index contributed by atoms with van der Waals surface area (Å²) in [5.41, 5.74) is 11.2. The number of rotatable bonds is 6. The maximum absolute atomic E-state index is 4.97. The predicted octanol–water partition coefficient (Wildman–Crippen LogP) is 13.7. The molecule has 3 heterocycles. The molecule has 0 aliphatic rings. The minimum absolute atomic E-state index is 0.651. The normalized spacial score (nSPS) is 11.6. The zero-order valence-electron chi connectivity index (χ0n) is 30.2. The number of aromatic nitrogens is 4. The first-order chi connectivity index (χ1) is 27.7. The lowest BCUT2D eigenvalue weighted by molar-refractivity contribution is 1.07. The van der Waals surface area contributed by atoms with Crippen LogP contribution in [0.1, 0.15) is 0 Å². The van der Waals surface area contributed by atoms with Gasteiger partial charge in [-0.15, -0.1) is 11.3 Å². The Balaban J connectivity index is 0.963. The Kier molecular flexibility index (Phi) is 7.64. The highest BCUT2D eigenvalue weighted by Gasteiger charge is 2.16. The number of para-hydroxylation sites is 2. The molecule has 11 rings (SSSR count). The average Bonchev–Trinajstić information content (AvgIpc) is 3.81. The molecule has 0 spiro atoms. The monoisotopic (exact) mass is 732 g/mol. The molecule has 262 valence electrons. The zero-order valence-corrected chi connectivity index (χ0v) is 31.0. The van der Waals surface area contributed by atoms with Crippen molar-refractivity contribution in [3.8, 4) is 62.1 Å². The summed E-state index contributed by atoms with van der Waals surface area (Å²) in [6.45, 7) is 0. The second kappa shape index (κ2) is 13.3.